The standard InChI is InChI=1S/C14H18Cl2N2O3/c1-8(2)17-12(19)7-18(3)14(20)9-5-10(15)13(21-4)11(16)6-9/h5-6,8H,7H2,1-4H3,(H,17,19). The maximum absolute atomic E-state index is 12.3. The van der Waals surface area contributed by atoms with Crippen LogP contribution in [0.3, 0.4) is 0 Å². The van der Waals surface area contributed by atoms with Crippen LogP contribution in [0, 0.1) is 0 Å². The van der Waals surface area contributed by atoms with Crippen LogP contribution in [0.15, 0.2) is 12.1 Å². The molecule has 0 bridgehead atoms. The van der Waals surface area contributed by atoms with Gasteiger partial charge < -0.3 is 15.0 Å². The molecule has 7 heteroatoms. The van der Waals surface area contributed by atoms with E-state index in [0.29, 0.717) is 11.3 Å². The molecule has 116 valence electrons. The molecule has 0 radical (unpaired) electrons. The van der Waals surface area contributed by atoms with E-state index in [9.17, 15) is 9.59 Å². The quantitative estimate of drug-likeness (QED) is 0.901. The lowest BCUT2D eigenvalue weighted by atomic mass is 10.2. The number of halogens is 2. The zero-order chi connectivity index (χ0) is 16.2. The van der Waals surface area contributed by atoms with Gasteiger partial charge in [0.25, 0.3) is 5.91 Å². The van der Waals surface area contributed by atoms with Crippen LogP contribution in [-0.4, -0.2) is 43.5 Å². The molecule has 0 saturated carbocycles. The highest BCUT2D eigenvalue weighted by molar-refractivity contribution is 6.37. The molecule has 0 saturated heterocycles. The second-order valence-corrected chi connectivity index (χ2v) is 5.67. The summed E-state index contributed by atoms with van der Waals surface area (Å²) in [6.07, 6.45) is 0. The molecule has 0 aromatic heterocycles. The van der Waals surface area contributed by atoms with E-state index in [1.807, 2.05) is 13.8 Å². The SMILES string of the molecule is COc1c(Cl)cc(C(=O)N(C)CC(=O)NC(C)C)cc1Cl. The van der Waals surface area contributed by atoms with Crippen molar-refractivity contribution in [1.82, 2.24) is 10.2 Å². The summed E-state index contributed by atoms with van der Waals surface area (Å²) in [5, 5.41) is 3.20. The maximum Gasteiger partial charge on any atom is 0.254 e. The van der Waals surface area contributed by atoms with Crippen LogP contribution < -0.4 is 10.1 Å². The maximum atomic E-state index is 12.3. The van der Waals surface area contributed by atoms with Crippen LogP contribution in [0.1, 0.15) is 24.2 Å². The third-order valence-corrected chi connectivity index (χ3v) is 3.19. The number of hydrogen-bond acceptors (Lipinski definition) is 3. The predicted molar refractivity (Wildman–Crippen MR) is 83.3 cm³/mol. The number of benzene rings is 1. The molecule has 0 aliphatic carbocycles. The summed E-state index contributed by atoms with van der Waals surface area (Å²) in [5.41, 5.74) is 0.297. The Labute approximate surface area is 134 Å². The second kappa shape index (κ2) is 7.52. The molecule has 1 rings (SSSR count). The highest BCUT2D eigenvalue weighted by Gasteiger charge is 2.18. The Bertz CT molecular complexity index is 524. The van der Waals surface area contributed by atoms with Crippen molar-refractivity contribution in [2.45, 2.75) is 19.9 Å². The van der Waals surface area contributed by atoms with Crippen molar-refractivity contribution in [2.75, 3.05) is 20.7 Å². The summed E-state index contributed by atoms with van der Waals surface area (Å²) >= 11 is 12.0. The first-order chi connectivity index (χ1) is 9.76. The van der Waals surface area contributed by atoms with E-state index < -0.39 is 0 Å². The minimum atomic E-state index is -0.347. The number of hydrogen-bond donors (Lipinski definition) is 1. The zero-order valence-corrected chi connectivity index (χ0v) is 13.9. The van der Waals surface area contributed by atoms with E-state index in [2.05, 4.69) is 5.32 Å². The van der Waals surface area contributed by atoms with E-state index in [0.717, 1.165) is 0 Å². The Hall–Kier alpha value is -1.46. The molecule has 21 heavy (non-hydrogen) atoms. The Kier molecular flexibility index (Phi) is 6.30. The third-order valence-electron chi connectivity index (χ3n) is 2.63. The van der Waals surface area contributed by atoms with E-state index >= 15 is 0 Å². The molecule has 1 N–H and O–H groups in total. The molecule has 0 atom stereocenters. The van der Waals surface area contributed by atoms with Gasteiger partial charge in [0, 0.05) is 18.7 Å². The fraction of sp³-hybridized carbons (Fsp3) is 0.429. The van der Waals surface area contributed by atoms with Gasteiger partial charge >= 0.3 is 0 Å². The van der Waals surface area contributed by atoms with E-state index in [1.54, 1.807) is 0 Å². The van der Waals surface area contributed by atoms with Gasteiger partial charge in [-0.1, -0.05) is 23.2 Å². The highest BCUT2D eigenvalue weighted by atomic mass is 35.5. The number of methoxy groups -OCH3 is 1. The lowest BCUT2D eigenvalue weighted by Crippen LogP contribution is -2.40. The normalized spacial score (nSPS) is 10.4. The van der Waals surface area contributed by atoms with Crippen molar-refractivity contribution in [3.8, 4) is 5.75 Å². The number of nitrogens with one attached hydrogen (secondary N) is 1. The van der Waals surface area contributed by atoms with Gasteiger partial charge in [0.2, 0.25) is 5.91 Å². The first-order valence-electron chi connectivity index (χ1n) is 6.34. The molecule has 0 aliphatic rings. The average Bonchev–Trinajstić information content (AvgIpc) is 2.36. The molecule has 1 aromatic rings. The number of likely N-dealkylation sites (N-methyl/N-ethyl adjacent to an activating group) is 1. The summed E-state index contributed by atoms with van der Waals surface area (Å²) < 4.78 is 5.03. The van der Waals surface area contributed by atoms with Crippen molar-refractivity contribution >= 4 is 35.0 Å². The first-order valence-corrected chi connectivity index (χ1v) is 7.09. The number of ether oxygens (including phenoxy) is 1. The molecule has 0 fully saturated rings. The van der Waals surface area contributed by atoms with Gasteiger partial charge in [-0.05, 0) is 26.0 Å². The minimum Gasteiger partial charge on any atom is -0.494 e. The summed E-state index contributed by atoms with van der Waals surface area (Å²) in [6, 6.07) is 2.95. The van der Waals surface area contributed by atoms with E-state index in [4.69, 9.17) is 27.9 Å². The Balaban J connectivity index is 2.86. The molecule has 0 unspecified atom stereocenters. The largest absolute Gasteiger partial charge is 0.494 e. The van der Waals surface area contributed by atoms with Crippen LogP contribution in [0.5, 0.6) is 5.75 Å². The second-order valence-electron chi connectivity index (χ2n) is 4.86. The first kappa shape index (κ1) is 17.6. The molecule has 5 nitrogen and oxygen atoms in total. The van der Waals surface area contributed by atoms with E-state index in [1.165, 1.54) is 31.2 Å². The van der Waals surface area contributed by atoms with Crippen LogP contribution >= 0.6 is 23.2 Å². The van der Waals surface area contributed by atoms with Crippen molar-refractivity contribution < 1.29 is 14.3 Å². The Morgan fingerprint density at radius 1 is 1.29 bits per heavy atom. The molecular weight excluding hydrogens is 315 g/mol. The summed E-state index contributed by atoms with van der Waals surface area (Å²) in [5.74, 6) is -0.262. The zero-order valence-electron chi connectivity index (χ0n) is 12.4. The van der Waals surface area contributed by atoms with Gasteiger partial charge in [-0.2, -0.15) is 0 Å². The van der Waals surface area contributed by atoms with Crippen molar-refractivity contribution in [3.63, 3.8) is 0 Å². The number of nitrogens with zero attached hydrogens (tertiary/aromatic N) is 1. The fourth-order valence-electron chi connectivity index (χ4n) is 1.75. The van der Waals surface area contributed by atoms with Crippen molar-refractivity contribution in [3.05, 3.63) is 27.7 Å². The molecular formula is C14H18Cl2N2O3. The summed E-state index contributed by atoms with van der Waals surface area (Å²) in [4.78, 5) is 25.2. The number of rotatable bonds is 5. The highest BCUT2D eigenvalue weighted by Crippen LogP contribution is 2.34. The van der Waals surface area contributed by atoms with Crippen LogP contribution in [0.2, 0.25) is 10.0 Å². The molecule has 2 amide bonds. The molecule has 0 spiro atoms. The lowest BCUT2D eigenvalue weighted by Gasteiger charge is -2.18. The fourth-order valence-corrected chi connectivity index (χ4v) is 2.39. The number of carbonyl (C=O) groups excluding carboxylic acids is 2. The number of amides is 2. The lowest BCUT2D eigenvalue weighted by molar-refractivity contribution is -0.122. The van der Waals surface area contributed by atoms with Gasteiger partial charge in [-0.3, -0.25) is 9.59 Å². The van der Waals surface area contributed by atoms with Gasteiger partial charge in [0.05, 0.1) is 23.7 Å². The third kappa shape index (κ3) is 4.79. The predicted octanol–water partition coefficient (Wildman–Crippen LogP) is 2.60. The topological polar surface area (TPSA) is 58.6 Å². The van der Waals surface area contributed by atoms with Crippen molar-refractivity contribution in [1.29, 1.82) is 0 Å². The molecule has 1 aromatic carbocycles. The molecule has 0 heterocycles. The summed E-state index contributed by atoms with van der Waals surface area (Å²) in [7, 11) is 2.98. The van der Waals surface area contributed by atoms with Gasteiger partial charge in [-0.15, -0.1) is 0 Å². The average molecular weight is 333 g/mol. The van der Waals surface area contributed by atoms with Gasteiger partial charge in [0.1, 0.15) is 0 Å². The Morgan fingerprint density at radius 2 is 1.81 bits per heavy atom. The smallest absolute Gasteiger partial charge is 0.254 e. The van der Waals surface area contributed by atoms with Gasteiger partial charge in [0.15, 0.2) is 5.75 Å². The van der Waals surface area contributed by atoms with Gasteiger partial charge in [-0.25, -0.2) is 0 Å². The number of carbonyl (C=O) groups is 2. The minimum absolute atomic E-state index is 0.0193. The van der Waals surface area contributed by atoms with Crippen molar-refractivity contribution in [2.24, 2.45) is 0 Å². The van der Waals surface area contributed by atoms with Crippen LogP contribution in [0.4, 0.5) is 0 Å². The van der Waals surface area contributed by atoms with E-state index in [-0.39, 0.29) is 34.4 Å². The van der Waals surface area contributed by atoms with Crippen LogP contribution in [0.25, 0.3) is 0 Å². The Morgan fingerprint density at radius 3 is 2.24 bits per heavy atom. The summed E-state index contributed by atoms with van der Waals surface area (Å²) in [6.45, 7) is 3.66. The van der Waals surface area contributed by atoms with Crippen LogP contribution in [-0.2, 0) is 4.79 Å². The monoisotopic (exact) mass is 332 g/mol. The molecule has 0 aliphatic heterocycles.